The zero-order chi connectivity index (χ0) is 17.1. The van der Waals surface area contributed by atoms with E-state index in [1.807, 2.05) is 6.07 Å². The van der Waals surface area contributed by atoms with Crippen molar-refractivity contribution in [1.29, 1.82) is 0 Å². The zero-order valence-corrected chi connectivity index (χ0v) is 15.0. The number of aliphatic hydroxyl groups excluding tert-OH is 1. The molecule has 0 amide bonds. The highest BCUT2D eigenvalue weighted by molar-refractivity contribution is 6.30. The van der Waals surface area contributed by atoms with E-state index >= 15 is 0 Å². The second-order valence-electron chi connectivity index (χ2n) is 6.28. The Morgan fingerprint density at radius 2 is 1.96 bits per heavy atom. The van der Waals surface area contributed by atoms with E-state index in [-0.39, 0.29) is 12.1 Å². The van der Waals surface area contributed by atoms with Gasteiger partial charge in [0, 0.05) is 55.4 Å². The molecule has 3 rings (SSSR count). The summed E-state index contributed by atoms with van der Waals surface area (Å²) in [5.74, 6) is 1.33. The van der Waals surface area contributed by atoms with Crippen LogP contribution < -0.4 is 9.47 Å². The molecule has 0 unspecified atom stereocenters. The van der Waals surface area contributed by atoms with Gasteiger partial charge in [-0.15, -0.1) is 0 Å². The Morgan fingerprint density at radius 1 is 1.21 bits per heavy atom. The molecule has 0 spiro atoms. The van der Waals surface area contributed by atoms with Gasteiger partial charge >= 0.3 is 0 Å². The van der Waals surface area contributed by atoms with Gasteiger partial charge in [-0.05, 0) is 6.07 Å². The smallest absolute Gasteiger partial charge is 0.165 e. The first kappa shape index (κ1) is 17.8. The summed E-state index contributed by atoms with van der Waals surface area (Å²) >= 11 is 6.20. The average molecular weight is 357 g/mol. The molecule has 2 atom stereocenters. The lowest BCUT2D eigenvalue weighted by molar-refractivity contribution is -0.00618. The average Bonchev–Trinajstić information content (AvgIpc) is 2.95. The Kier molecular flexibility index (Phi) is 5.84. The molecule has 24 heavy (non-hydrogen) atoms. The van der Waals surface area contributed by atoms with E-state index in [1.165, 1.54) is 0 Å². The summed E-state index contributed by atoms with van der Waals surface area (Å²) in [5, 5.41) is 11.1. The normalized spacial score (nSPS) is 25.8. The maximum Gasteiger partial charge on any atom is 0.165 e. The Morgan fingerprint density at radius 3 is 2.62 bits per heavy atom. The molecule has 0 bridgehead atoms. The predicted octanol–water partition coefficient (Wildman–Crippen LogP) is 1.23. The van der Waals surface area contributed by atoms with Crippen molar-refractivity contribution in [1.82, 2.24) is 9.80 Å². The fourth-order valence-electron chi connectivity index (χ4n) is 3.61. The van der Waals surface area contributed by atoms with E-state index in [2.05, 4.69) is 9.80 Å². The van der Waals surface area contributed by atoms with Crippen molar-refractivity contribution in [3.05, 3.63) is 22.7 Å². The highest BCUT2D eigenvalue weighted by Gasteiger charge is 2.36. The highest BCUT2D eigenvalue weighted by atomic mass is 35.5. The summed E-state index contributed by atoms with van der Waals surface area (Å²) in [6, 6.07) is 3.80. The van der Waals surface area contributed by atoms with E-state index in [0.717, 1.165) is 38.4 Å². The summed E-state index contributed by atoms with van der Waals surface area (Å²) < 4.78 is 16.3. The van der Waals surface area contributed by atoms with Crippen molar-refractivity contribution in [2.45, 2.75) is 18.7 Å². The number of hydrogen-bond donors (Lipinski definition) is 1. The number of likely N-dealkylation sites (tertiary alicyclic amines) is 1. The molecule has 0 aromatic heterocycles. The number of nitrogens with zero attached hydrogens (tertiary/aromatic N) is 2. The fourth-order valence-corrected chi connectivity index (χ4v) is 3.84. The van der Waals surface area contributed by atoms with Gasteiger partial charge in [0.1, 0.15) is 0 Å². The molecule has 1 aromatic rings. The standard InChI is InChI=1S/C17H25ClN2O4/c1-22-16-8-13(18)7-12(17(16)23-2)9-19-10-14(15(21)11-19)20-3-5-24-6-4-20/h7-8,14-15,21H,3-6,9-11H2,1-2H3/t14-,15-/m0/s1. The van der Waals surface area contributed by atoms with Gasteiger partial charge in [-0.25, -0.2) is 0 Å². The number of rotatable bonds is 5. The van der Waals surface area contributed by atoms with Gasteiger partial charge in [0.15, 0.2) is 11.5 Å². The van der Waals surface area contributed by atoms with Gasteiger partial charge in [-0.2, -0.15) is 0 Å². The maximum absolute atomic E-state index is 10.5. The molecule has 0 aliphatic carbocycles. The molecular formula is C17H25ClN2O4. The Hall–Kier alpha value is -1.05. The van der Waals surface area contributed by atoms with Gasteiger partial charge < -0.3 is 19.3 Å². The summed E-state index contributed by atoms with van der Waals surface area (Å²) in [6.45, 7) is 5.36. The van der Waals surface area contributed by atoms with Crippen LogP contribution in [0.25, 0.3) is 0 Å². The van der Waals surface area contributed by atoms with Gasteiger partial charge in [0.05, 0.1) is 33.5 Å². The Balaban J connectivity index is 1.71. The number of ether oxygens (including phenoxy) is 3. The summed E-state index contributed by atoms with van der Waals surface area (Å²) in [7, 11) is 3.23. The predicted molar refractivity (Wildman–Crippen MR) is 92.0 cm³/mol. The lowest BCUT2D eigenvalue weighted by Gasteiger charge is -2.33. The van der Waals surface area contributed by atoms with Gasteiger partial charge in [-0.1, -0.05) is 11.6 Å². The molecule has 0 radical (unpaired) electrons. The second-order valence-corrected chi connectivity index (χ2v) is 6.71. The molecule has 6 nitrogen and oxygen atoms in total. The zero-order valence-electron chi connectivity index (χ0n) is 14.2. The minimum Gasteiger partial charge on any atom is -0.493 e. The van der Waals surface area contributed by atoms with Crippen LogP contribution in [0.4, 0.5) is 0 Å². The third-order valence-corrected chi connectivity index (χ3v) is 4.98. The maximum atomic E-state index is 10.5. The lowest BCUT2D eigenvalue weighted by atomic mass is 10.1. The number of methoxy groups -OCH3 is 2. The van der Waals surface area contributed by atoms with Crippen molar-refractivity contribution in [3.8, 4) is 11.5 Å². The molecule has 134 valence electrons. The van der Waals surface area contributed by atoms with Crippen molar-refractivity contribution in [2.24, 2.45) is 0 Å². The van der Waals surface area contributed by atoms with Crippen LogP contribution in [-0.4, -0.2) is 80.7 Å². The van der Waals surface area contributed by atoms with Crippen LogP contribution in [-0.2, 0) is 11.3 Å². The number of halogens is 1. The molecule has 2 aliphatic heterocycles. The van der Waals surface area contributed by atoms with Gasteiger partial charge in [-0.3, -0.25) is 9.80 Å². The molecule has 0 saturated carbocycles. The first-order chi connectivity index (χ1) is 11.6. The molecule has 2 aliphatic rings. The van der Waals surface area contributed by atoms with E-state index in [1.54, 1.807) is 20.3 Å². The van der Waals surface area contributed by atoms with Crippen LogP contribution in [0.3, 0.4) is 0 Å². The Labute approximate surface area is 147 Å². The van der Waals surface area contributed by atoms with E-state index < -0.39 is 0 Å². The van der Waals surface area contributed by atoms with Crippen molar-refractivity contribution in [3.63, 3.8) is 0 Å². The number of aliphatic hydroxyl groups is 1. The molecule has 2 saturated heterocycles. The number of benzene rings is 1. The number of β-amino-alcohol motifs (C(OH)–C–C–N with tert-alkyl or cyclic N) is 1. The third-order valence-electron chi connectivity index (χ3n) is 4.76. The molecule has 2 heterocycles. The number of morpholine rings is 1. The minimum absolute atomic E-state index is 0.154. The van der Waals surface area contributed by atoms with Crippen molar-refractivity contribution in [2.75, 3.05) is 53.6 Å². The molecule has 2 fully saturated rings. The first-order valence-electron chi connectivity index (χ1n) is 8.25. The monoisotopic (exact) mass is 356 g/mol. The quantitative estimate of drug-likeness (QED) is 0.856. The second kappa shape index (κ2) is 7.89. The molecule has 1 N–H and O–H groups in total. The number of hydrogen-bond acceptors (Lipinski definition) is 6. The van der Waals surface area contributed by atoms with Gasteiger partial charge in [0.25, 0.3) is 0 Å². The fraction of sp³-hybridized carbons (Fsp3) is 0.647. The highest BCUT2D eigenvalue weighted by Crippen LogP contribution is 2.35. The largest absolute Gasteiger partial charge is 0.493 e. The van der Waals surface area contributed by atoms with E-state index in [0.29, 0.717) is 29.6 Å². The van der Waals surface area contributed by atoms with Crippen molar-refractivity contribution >= 4 is 11.6 Å². The van der Waals surface area contributed by atoms with Crippen LogP contribution in [0.15, 0.2) is 12.1 Å². The van der Waals surface area contributed by atoms with Gasteiger partial charge in [0.2, 0.25) is 0 Å². The van der Waals surface area contributed by atoms with E-state index in [4.69, 9.17) is 25.8 Å². The van der Waals surface area contributed by atoms with E-state index in [9.17, 15) is 5.11 Å². The lowest BCUT2D eigenvalue weighted by Crippen LogP contribution is -2.48. The van der Waals surface area contributed by atoms with Crippen LogP contribution in [0.1, 0.15) is 5.56 Å². The topological polar surface area (TPSA) is 54.4 Å². The third kappa shape index (κ3) is 3.78. The van der Waals surface area contributed by atoms with Crippen molar-refractivity contribution < 1.29 is 19.3 Å². The van der Waals surface area contributed by atoms with Crippen LogP contribution in [0, 0.1) is 0 Å². The molecule has 7 heteroatoms. The summed E-state index contributed by atoms with van der Waals surface area (Å²) in [5.41, 5.74) is 0.969. The first-order valence-corrected chi connectivity index (χ1v) is 8.62. The summed E-state index contributed by atoms with van der Waals surface area (Å²) in [6.07, 6.45) is -0.352. The van der Waals surface area contributed by atoms with Crippen LogP contribution >= 0.6 is 11.6 Å². The summed E-state index contributed by atoms with van der Waals surface area (Å²) in [4.78, 5) is 4.56. The molecule has 1 aromatic carbocycles. The SMILES string of the molecule is COc1cc(Cl)cc(CN2C[C@H](O)[C@@H](N3CCOCC3)C2)c1OC. The van der Waals surface area contributed by atoms with Crippen LogP contribution in [0.5, 0.6) is 11.5 Å². The van der Waals surface area contributed by atoms with Crippen LogP contribution in [0.2, 0.25) is 5.02 Å². The Bertz CT molecular complexity index is 566. The minimum atomic E-state index is -0.352. The molecular weight excluding hydrogens is 332 g/mol.